The van der Waals surface area contributed by atoms with Gasteiger partial charge in [-0.1, -0.05) is 35.4 Å². The number of ether oxygens (including phenoxy) is 2. The molecule has 0 N–H and O–H groups in total. The van der Waals surface area contributed by atoms with Gasteiger partial charge in [0.15, 0.2) is 0 Å². The molecular weight excluding hydrogens is 525 g/mol. The van der Waals surface area contributed by atoms with Crippen LogP contribution in [0.4, 0.5) is 9.59 Å². The van der Waals surface area contributed by atoms with Crippen molar-refractivity contribution in [2.45, 2.75) is 38.4 Å². The summed E-state index contributed by atoms with van der Waals surface area (Å²) in [5.41, 5.74) is 0. The molecule has 0 amide bonds. The summed E-state index contributed by atoms with van der Waals surface area (Å²) in [7, 11) is 6.27. The van der Waals surface area contributed by atoms with E-state index < -0.39 is 0 Å². The molecule has 0 bridgehead atoms. The first-order chi connectivity index (χ1) is 15.5. The molecule has 1 saturated carbocycles. The van der Waals surface area contributed by atoms with Crippen LogP contribution in [-0.4, -0.2) is 81.1 Å². The fraction of sp³-hybridized carbons (Fsp3) is 0.900. The molecule has 0 aromatic rings. The highest BCUT2D eigenvalue weighted by Crippen LogP contribution is 2.46. The van der Waals surface area contributed by atoms with Crippen LogP contribution in [0, 0.1) is 17.8 Å². The summed E-state index contributed by atoms with van der Waals surface area (Å²) in [5, 5.41) is 0.520. The maximum atomic E-state index is 12.4. The Bertz CT molecular complexity index is 592. The topological polar surface area (TPSA) is 59.1 Å². The van der Waals surface area contributed by atoms with Gasteiger partial charge in [-0.05, 0) is 58.6 Å². The predicted molar refractivity (Wildman–Crippen MR) is 145 cm³/mol. The number of morpholine rings is 2. The first kappa shape index (κ1) is 27.9. The normalized spacial score (nSPS) is 29.0. The average molecular weight is 559 g/mol. The molecule has 4 unspecified atom stereocenters. The molecule has 6 nitrogen and oxygen atoms in total. The van der Waals surface area contributed by atoms with E-state index in [0.717, 1.165) is 38.4 Å². The Balaban J connectivity index is 1.32. The van der Waals surface area contributed by atoms with E-state index in [4.69, 9.17) is 9.47 Å². The summed E-state index contributed by atoms with van der Waals surface area (Å²) in [6.07, 6.45) is 3.64. The number of carbonyl (C=O) groups excluding carboxylic acids is 2. The Morgan fingerprint density at radius 1 is 0.906 bits per heavy atom. The molecule has 2 heterocycles. The highest BCUT2D eigenvalue weighted by molar-refractivity contribution is 8.86. The molecule has 3 fully saturated rings. The minimum atomic E-state index is 0.169. The van der Waals surface area contributed by atoms with Gasteiger partial charge in [0.1, 0.15) is 0 Å². The van der Waals surface area contributed by atoms with Gasteiger partial charge in [-0.2, -0.15) is 0 Å². The molecule has 3 aliphatic rings. The molecule has 4 atom stereocenters. The summed E-state index contributed by atoms with van der Waals surface area (Å²) in [6.45, 7) is 10.8. The molecule has 1 aliphatic carbocycles. The monoisotopic (exact) mass is 558 g/mol. The molecule has 184 valence electrons. The van der Waals surface area contributed by atoms with Crippen molar-refractivity contribution in [2.75, 3.05) is 58.4 Å². The third-order valence-corrected chi connectivity index (χ3v) is 13.9. The van der Waals surface area contributed by atoms with E-state index in [9.17, 15) is 9.59 Å². The Morgan fingerprint density at radius 2 is 1.47 bits per heavy atom. The second kappa shape index (κ2) is 15.4. The number of hydrogen-bond donors (Lipinski definition) is 0. The molecule has 0 aromatic heterocycles. The summed E-state index contributed by atoms with van der Waals surface area (Å²) in [4.78, 5) is 24.6. The van der Waals surface area contributed by atoms with E-state index in [1.807, 2.05) is 0 Å². The Labute approximate surface area is 217 Å². The lowest BCUT2D eigenvalue weighted by Crippen LogP contribution is -2.31. The van der Waals surface area contributed by atoms with E-state index in [-0.39, 0.29) is 8.89 Å². The molecule has 12 heteroatoms. The third-order valence-electron chi connectivity index (χ3n) is 6.01. The van der Waals surface area contributed by atoms with Crippen LogP contribution in [0.2, 0.25) is 0 Å². The number of rotatable bonds is 8. The first-order valence-electron chi connectivity index (χ1n) is 11.2. The largest absolute Gasteiger partial charge is 0.379 e. The zero-order chi connectivity index (χ0) is 22.8. The number of nitrogens with zero attached hydrogens (tertiary/aromatic N) is 2. The Morgan fingerprint density at radius 3 is 2.06 bits per heavy atom. The van der Waals surface area contributed by atoms with Gasteiger partial charge in [-0.15, -0.1) is 0 Å². The van der Waals surface area contributed by atoms with Crippen molar-refractivity contribution in [1.29, 1.82) is 0 Å². The second-order valence-corrected chi connectivity index (χ2v) is 15.8. The quantitative estimate of drug-likeness (QED) is 0.245. The number of carbonyl (C=O) groups is 2. The van der Waals surface area contributed by atoms with Crippen molar-refractivity contribution in [3.63, 3.8) is 0 Å². The van der Waals surface area contributed by atoms with Gasteiger partial charge in [-0.25, -0.2) is 8.61 Å². The first-order valence-corrected chi connectivity index (χ1v) is 17.3. The van der Waals surface area contributed by atoms with Gasteiger partial charge >= 0.3 is 0 Å². The van der Waals surface area contributed by atoms with Gasteiger partial charge in [0.2, 0.25) is 0 Å². The van der Waals surface area contributed by atoms with E-state index in [0.29, 0.717) is 49.4 Å². The summed E-state index contributed by atoms with van der Waals surface area (Å²) < 4.78 is 15.3. The minimum Gasteiger partial charge on any atom is -0.379 e. The average Bonchev–Trinajstić information content (AvgIpc) is 2.79. The van der Waals surface area contributed by atoms with Crippen molar-refractivity contribution in [3.8, 4) is 0 Å². The molecule has 3 rings (SSSR count). The van der Waals surface area contributed by atoms with E-state index in [1.54, 1.807) is 21.6 Å². The summed E-state index contributed by atoms with van der Waals surface area (Å²) in [5.74, 6) is 2.88. The lowest BCUT2D eigenvalue weighted by atomic mass is 9.77. The standard InChI is InChI=1S/C20H34N2O4S6/c1-15-3-4-17(13-18(15)30-32-20(24)29-22-7-11-26-12-8-22)16(2)14-27-31-19(23)28-21-5-9-25-10-6-21/h15-18H,3-14H2,1-2H3. The third kappa shape index (κ3) is 10.1. The van der Waals surface area contributed by atoms with Crippen molar-refractivity contribution >= 4 is 76.0 Å². The van der Waals surface area contributed by atoms with Crippen LogP contribution in [0.15, 0.2) is 0 Å². The van der Waals surface area contributed by atoms with Crippen molar-refractivity contribution in [2.24, 2.45) is 17.8 Å². The zero-order valence-electron chi connectivity index (χ0n) is 18.8. The van der Waals surface area contributed by atoms with Gasteiger partial charge < -0.3 is 9.47 Å². The highest BCUT2D eigenvalue weighted by Gasteiger charge is 2.32. The van der Waals surface area contributed by atoms with Gasteiger partial charge in [0, 0.05) is 61.1 Å². The molecule has 0 radical (unpaired) electrons. The fourth-order valence-electron chi connectivity index (χ4n) is 3.91. The van der Waals surface area contributed by atoms with Crippen LogP contribution in [0.1, 0.15) is 33.1 Å². The van der Waals surface area contributed by atoms with Gasteiger partial charge in [-0.3, -0.25) is 9.59 Å². The van der Waals surface area contributed by atoms with Gasteiger partial charge in [0.05, 0.1) is 26.4 Å². The Hall–Kier alpha value is 1.28. The summed E-state index contributed by atoms with van der Waals surface area (Å²) >= 11 is 2.69. The van der Waals surface area contributed by atoms with Crippen LogP contribution >= 0.6 is 67.1 Å². The molecular formula is C20H34N2O4S6. The fourth-order valence-corrected chi connectivity index (χ4v) is 11.3. The molecule has 0 aromatic carbocycles. The minimum absolute atomic E-state index is 0.169. The predicted octanol–water partition coefficient (Wildman–Crippen LogP) is 6.39. The van der Waals surface area contributed by atoms with Crippen LogP contribution in [0.3, 0.4) is 0 Å². The molecule has 0 spiro atoms. The maximum absolute atomic E-state index is 12.4. The maximum Gasteiger partial charge on any atom is 0.271 e. The lowest BCUT2D eigenvalue weighted by molar-refractivity contribution is 0.0775. The van der Waals surface area contributed by atoms with E-state index in [2.05, 4.69) is 22.5 Å². The molecule has 2 saturated heterocycles. The smallest absolute Gasteiger partial charge is 0.271 e. The molecule has 32 heavy (non-hydrogen) atoms. The van der Waals surface area contributed by atoms with Crippen molar-refractivity contribution in [3.05, 3.63) is 0 Å². The zero-order valence-corrected chi connectivity index (χ0v) is 23.7. The van der Waals surface area contributed by atoms with E-state index >= 15 is 0 Å². The number of hydrogen-bond acceptors (Lipinski definition) is 12. The van der Waals surface area contributed by atoms with Gasteiger partial charge in [0.25, 0.3) is 8.89 Å². The highest BCUT2D eigenvalue weighted by atomic mass is 33.1. The van der Waals surface area contributed by atoms with E-state index in [1.165, 1.54) is 58.3 Å². The Kier molecular flexibility index (Phi) is 13.4. The van der Waals surface area contributed by atoms with Crippen molar-refractivity contribution in [1.82, 2.24) is 8.61 Å². The second-order valence-electron chi connectivity index (χ2n) is 8.38. The molecule has 2 aliphatic heterocycles. The SMILES string of the molecule is CC(CSSC(=O)SN1CCOCC1)C1CCC(C)C(SSC(=O)SN2CCOCC2)C1. The van der Waals surface area contributed by atoms with Crippen LogP contribution in [0.25, 0.3) is 0 Å². The van der Waals surface area contributed by atoms with Crippen LogP contribution in [-0.2, 0) is 9.47 Å². The lowest BCUT2D eigenvalue weighted by Gasteiger charge is -2.36. The summed E-state index contributed by atoms with van der Waals surface area (Å²) in [6, 6.07) is 0. The van der Waals surface area contributed by atoms with Crippen LogP contribution in [0.5, 0.6) is 0 Å². The van der Waals surface area contributed by atoms with Crippen LogP contribution < -0.4 is 0 Å². The van der Waals surface area contributed by atoms with Crippen molar-refractivity contribution < 1.29 is 19.1 Å².